The van der Waals surface area contributed by atoms with Crippen molar-refractivity contribution in [3.05, 3.63) is 35.4 Å². The summed E-state index contributed by atoms with van der Waals surface area (Å²) in [6.07, 6.45) is 5.30. The van der Waals surface area contributed by atoms with Crippen molar-refractivity contribution in [1.82, 2.24) is 0 Å². The van der Waals surface area contributed by atoms with Crippen molar-refractivity contribution >= 4 is 5.78 Å². The van der Waals surface area contributed by atoms with Crippen LogP contribution in [-0.2, 0) is 0 Å². The molecule has 0 unspecified atom stereocenters. The van der Waals surface area contributed by atoms with Crippen LogP contribution < -0.4 is 0 Å². The average Bonchev–Trinajstić information content (AvgIpc) is 2.42. The van der Waals surface area contributed by atoms with Gasteiger partial charge in [-0.25, -0.2) is 0 Å². The molecular weight excluding hydrogens is 220 g/mol. The van der Waals surface area contributed by atoms with Crippen molar-refractivity contribution in [1.29, 1.82) is 0 Å². The van der Waals surface area contributed by atoms with E-state index in [1.165, 1.54) is 31.2 Å². The number of hydrogen-bond acceptors (Lipinski definition) is 1. The van der Waals surface area contributed by atoms with E-state index in [1.54, 1.807) is 6.92 Å². The zero-order valence-corrected chi connectivity index (χ0v) is 12.2. The topological polar surface area (TPSA) is 17.1 Å². The first-order chi connectivity index (χ1) is 8.66. The van der Waals surface area contributed by atoms with Gasteiger partial charge in [-0.15, -0.1) is 0 Å². The minimum Gasteiger partial charge on any atom is -0.295 e. The third-order valence-electron chi connectivity index (χ3n) is 3.80. The summed E-state index contributed by atoms with van der Waals surface area (Å²) < 4.78 is 0. The van der Waals surface area contributed by atoms with Crippen LogP contribution in [0, 0.1) is 5.92 Å². The van der Waals surface area contributed by atoms with Crippen LogP contribution in [0.3, 0.4) is 0 Å². The second kappa shape index (κ2) is 7.35. The number of Topliss-reactive ketones (excluding diaryl/α,β-unsaturated/α-hetero) is 1. The lowest BCUT2D eigenvalue weighted by molar-refractivity contribution is 0.101. The summed E-state index contributed by atoms with van der Waals surface area (Å²) in [5, 5.41) is 0. The van der Waals surface area contributed by atoms with Gasteiger partial charge in [-0.2, -0.15) is 0 Å². The highest BCUT2D eigenvalue weighted by atomic mass is 16.1. The fraction of sp³-hybridized carbons (Fsp3) is 0.588. The Morgan fingerprint density at radius 3 is 1.94 bits per heavy atom. The van der Waals surface area contributed by atoms with Gasteiger partial charge in [-0.1, -0.05) is 57.9 Å². The van der Waals surface area contributed by atoms with Crippen LogP contribution in [0.1, 0.15) is 75.2 Å². The third kappa shape index (κ3) is 3.97. The van der Waals surface area contributed by atoms with Gasteiger partial charge in [0.15, 0.2) is 5.78 Å². The molecule has 0 heterocycles. The van der Waals surface area contributed by atoms with Crippen LogP contribution >= 0.6 is 0 Å². The zero-order chi connectivity index (χ0) is 13.5. The molecule has 0 atom stereocenters. The van der Waals surface area contributed by atoms with E-state index in [1.807, 2.05) is 26.0 Å². The molecule has 0 spiro atoms. The maximum Gasteiger partial charge on any atom is 0.159 e. The van der Waals surface area contributed by atoms with E-state index in [-0.39, 0.29) is 5.78 Å². The molecule has 1 nitrogen and oxygen atoms in total. The quantitative estimate of drug-likeness (QED) is 0.655. The lowest BCUT2D eigenvalue weighted by Gasteiger charge is -2.26. The van der Waals surface area contributed by atoms with Gasteiger partial charge in [0.1, 0.15) is 0 Å². The Labute approximate surface area is 112 Å². The molecule has 0 amide bonds. The molecule has 1 heteroatoms. The molecule has 0 saturated heterocycles. The minimum atomic E-state index is 0.156. The van der Waals surface area contributed by atoms with Crippen LogP contribution in [0.4, 0.5) is 0 Å². The first-order valence-electron chi connectivity index (χ1n) is 7.27. The molecule has 100 valence electrons. The van der Waals surface area contributed by atoms with Crippen LogP contribution in [0.2, 0.25) is 0 Å². The van der Waals surface area contributed by atoms with Gasteiger partial charge in [0.05, 0.1) is 0 Å². The van der Waals surface area contributed by atoms with E-state index in [0.717, 1.165) is 17.4 Å². The maximum absolute atomic E-state index is 11.2. The standard InChI is InChI=1S/C15H20O.C2H6/c1-11-3-5-14(6-4-11)15-9-7-13(8-10-15)12(2)16;1-2/h7-11,14H,3-6H2,1-2H3;1-2H3. The molecule has 0 radical (unpaired) electrons. The molecule has 1 aromatic carbocycles. The molecule has 0 aromatic heterocycles. The molecule has 1 saturated carbocycles. The second-order valence-corrected chi connectivity index (χ2v) is 5.13. The summed E-state index contributed by atoms with van der Waals surface area (Å²) in [4.78, 5) is 11.2. The third-order valence-corrected chi connectivity index (χ3v) is 3.80. The van der Waals surface area contributed by atoms with Crippen molar-refractivity contribution < 1.29 is 4.79 Å². The Kier molecular flexibility index (Phi) is 6.11. The second-order valence-electron chi connectivity index (χ2n) is 5.13. The summed E-state index contributed by atoms with van der Waals surface area (Å²) in [5.41, 5.74) is 2.24. The number of rotatable bonds is 2. The lowest BCUT2D eigenvalue weighted by Crippen LogP contribution is -2.10. The highest BCUT2D eigenvalue weighted by Gasteiger charge is 2.19. The summed E-state index contributed by atoms with van der Waals surface area (Å²) in [5.74, 6) is 1.77. The van der Waals surface area contributed by atoms with Crippen LogP contribution in [0.25, 0.3) is 0 Å². The molecule has 0 aliphatic heterocycles. The normalized spacial score (nSPS) is 22.9. The smallest absolute Gasteiger partial charge is 0.159 e. The van der Waals surface area contributed by atoms with E-state index < -0.39 is 0 Å². The lowest BCUT2D eigenvalue weighted by atomic mass is 9.79. The van der Waals surface area contributed by atoms with Gasteiger partial charge in [0, 0.05) is 5.56 Å². The first-order valence-corrected chi connectivity index (χ1v) is 7.27. The average molecular weight is 246 g/mol. The fourth-order valence-electron chi connectivity index (χ4n) is 2.58. The van der Waals surface area contributed by atoms with Crippen molar-refractivity contribution in [2.75, 3.05) is 0 Å². The van der Waals surface area contributed by atoms with Crippen molar-refractivity contribution in [2.45, 2.75) is 59.3 Å². The fourth-order valence-corrected chi connectivity index (χ4v) is 2.58. The van der Waals surface area contributed by atoms with Gasteiger partial charge >= 0.3 is 0 Å². The van der Waals surface area contributed by atoms with Crippen LogP contribution in [0.5, 0.6) is 0 Å². The molecule has 2 rings (SSSR count). The highest BCUT2D eigenvalue weighted by Crippen LogP contribution is 2.35. The maximum atomic E-state index is 11.2. The predicted molar refractivity (Wildman–Crippen MR) is 78.2 cm³/mol. The van der Waals surface area contributed by atoms with Crippen molar-refractivity contribution in [2.24, 2.45) is 5.92 Å². The van der Waals surface area contributed by atoms with Gasteiger partial charge in [0.25, 0.3) is 0 Å². The summed E-state index contributed by atoms with van der Waals surface area (Å²) >= 11 is 0. The van der Waals surface area contributed by atoms with Crippen molar-refractivity contribution in [3.63, 3.8) is 0 Å². The van der Waals surface area contributed by atoms with Gasteiger partial charge in [0.2, 0.25) is 0 Å². The number of carbonyl (C=O) groups excluding carboxylic acids is 1. The number of carbonyl (C=O) groups is 1. The molecular formula is C17H26O. The Bertz CT molecular complexity index is 356. The SMILES string of the molecule is CC.CC(=O)c1ccc(C2CCC(C)CC2)cc1. The zero-order valence-electron chi connectivity index (χ0n) is 12.2. The van der Waals surface area contributed by atoms with Crippen LogP contribution in [-0.4, -0.2) is 5.78 Å². The van der Waals surface area contributed by atoms with Gasteiger partial charge in [-0.05, 0) is 37.2 Å². The molecule has 18 heavy (non-hydrogen) atoms. The molecule has 0 bridgehead atoms. The monoisotopic (exact) mass is 246 g/mol. The summed E-state index contributed by atoms with van der Waals surface area (Å²) in [6, 6.07) is 8.21. The van der Waals surface area contributed by atoms with Crippen molar-refractivity contribution in [3.8, 4) is 0 Å². The summed E-state index contributed by atoms with van der Waals surface area (Å²) in [7, 11) is 0. The van der Waals surface area contributed by atoms with E-state index in [0.29, 0.717) is 0 Å². The Morgan fingerprint density at radius 2 is 1.50 bits per heavy atom. The first kappa shape index (κ1) is 14.9. The predicted octanol–water partition coefficient (Wildman–Crippen LogP) is 5.21. The van der Waals surface area contributed by atoms with E-state index >= 15 is 0 Å². The molecule has 1 aliphatic rings. The van der Waals surface area contributed by atoms with Crippen LogP contribution in [0.15, 0.2) is 24.3 Å². The molecule has 1 fully saturated rings. The molecule has 0 N–H and O–H groups in total. The number of ketones is 1. The summed E-state index contributed by atoms with van der Waals surface area (Å²) in [6.45, 7) is 7.96. The minimum absolute atomic E-state index is 0.156. The molecule has 1 aliphatic carbocycles. The Hall–Kier alpha value is -1.11. The van der Waals surface area contributed by atoms with Gasteiger partial charge < -0.3 is 0 Å². The Morgan fingerprint density at radius 1 is 1.00 bits per heavy atom. The van der Waals surface area contributed by atoms with E-state index in [9.17, 15) is 4.79 Å². The Balaban J connectivity index is 0.000000771. The number of hydrogen-bond donors (Lipinski definition) is 0. The number of benzene rings is 1. The molecule has 1 aromatic rings. The van der Waals surface area contributed by atoms with E-state index in [4.69, 9.17) is 0 Å². The highest BCUT2D eigenvalue weighted by molar-refractivity contribution is 5.94. The van der Waals surface area contributed by atoms with E-state index in [2.05, 4.69) is 19.1 Å². The van der Waals surface area contributed by atoms with Gasteiger partial charge in [-0.3, -0.25) is 4.79 Å². The largest absolute Gasteiger partial charge is 0.295 e.